The van der Waals surface area contributed by atoms with Gasteiger partial charge >= 0.3 is 0 Å². The average Bonchev–Trinajstić information content (AvgIpc) is 2.47. The van der Waals surface area contributed by atoms with Gasteiger partial charge in [-0.2, -0.15) is 0 Å². The van der Waals surface area contributed by atoms with Gasteiger partial charge < -0.3 is 5.32 Å². The summed E-state index contributed by atoms with van der Waals surface area (Å²) in [5.41, 5.74) is 1.38. The van der Waals surface area contributed by atoms with Gasteiger partial charge in [-0.3, -0.25) is 0 Å². The third-order valence-electron chi connectivity index (χ3n) is 4.15. The van der Waals surface area contributed by atoms with Crippen LogP contribution in [0.1, 0.15) is 83.7 Å². The maximum Gasteiger partial charge on any atom is 0.0294 e. The summed E-state index contributed by atoms with van der Waals surface area (Å²) in [5, 5.41) is 3.86. The topological polar surface area (TPSA) is 12.0 Å². The van der Waals surface area contributed by atoms with Crippen LogP contribution in [0.25, 0.3) is 0 Å². The standard InChI is InChI=1S/C19H32BrN/c1-4-6-8-13-19(14-9-7-5-2)21-16(3)17-11-10-12-18(20)15-17/h10-12,15-16,19,21H,4-9,13-14H2,1-3H3/t16-/m0/s1. The fraction of sp³-hybridized carbons (Fsp3) is 0.684. The van der Waals surface area contributed by atoms with Crippen LogP contribution in [-0.4, -0.2) is 6.04 Å². The van der Waals surface area contributed by atoms with Crippen molar-refractivity contribution in [3.8, 4) is 0 Å². The molecule has 1 nitrogen and oxygen atoms in total. The Balaban J connectivity index is 2.52. The van der Waals surface area contributed by atoms with E-state index in [-0.39, 0.29) is 0 Å². The van der Waals surface area contributed by atoms with Crippen LogP contribution in [0.5, 0.6) is 0 Å². The number of nitrogens with one attached hydrogen (secondary N) is 1. The maximum atomic E-state index is 3.86. The first-order chi connectivity index (χ1) is 10.2. The highest BCUT2D eigenvalue weighted by Crippen LogP contribution is 2.20. The molecular formula is C19H32BrN. The Kier molecular flexibility index (Phi) is 10.0. The Morgan fingerprint density at radius 2 is 1.62 bits per heavy atom. The fourth-order valence-electron chi connectivity index (χ4n) is 2.82. The zero-order valence-corrected chi connectivity index (χ0v) is 15.6. The second-order valence-electron chi connectivity index (χ2n) is 6.13. The molecule has 1 atom stereocenters. The third-order valence-corrected chi connectivity index (χ3v) is 4.64. The largest absolute Gasteiger partial charge is 0.307 e. The molecule has 0 spiro atoms. The van der Waals surface area contributed by atoms with Crippen molar-refractivity contribution >= 4 is 15.9 Å². The first-order valence-corrected chi connectivity index (χ1v) is 9.48. The molecule has 0 saturated heterocycles. The van der Waals surface area contributed by atoms with Gasteiger partial charge in [0.05, 0.1) is 0 Å². The summed E-state index contributed by atoms with van der Waals surface area (Å²) in [6.45, 7) is 6.85. The van der Waals surface area contributed by atoms with Crippen molar-refractivity contribution in [1.29, 1.82) is 0 Å². The van der Waals surface area contributed by atoms with E-state index in [1.165, 1.54) is 61.4 Å². The Labute approximate surface area is 140 Å². The lowest BCUT2D eigenvalue weighted by Crippen LogP contribution is -2.31. The maximum absolute atomic E-state index is 3.86. The zero-order valence-electron chi connectivity index (χ0n) is 14.0. The number of unbranched alkanes of at least 4 members (excludes halogenated alkanes) is 4. The van der Waals surface area contributed by atoms with E-state index < -0.39 is 0 Å². The molecule has 0 aromatic heterocycles. The molecule has 1 aromatic rings. The first kappa shape index (κ1) is 18.7. The minimum Gasteiger partial charge on any atom is -0.307 e. The molecule has 0 fully saturated rings. The minimum absolute atomic E-state index is 0.427. The van der Waals surface area contributed by atoms with E-state index in [2.05, 4.69) is 66.3 Å². The summed E-state index contributed by atoms with van der Waals surface area (Å²) in [7, 11) is 0. The van der Waals surface area contributed by atoms with Gasteiger partial charge in [-0.15, -0.1) is 0 Å². The van der Waals surface area contributed by atoms with Gasteiger partial charge in [-0.25, -0.2) is 0 Å². The van der Waals surface area contributed by atoms with Crippen LogP contribution in [0.15, 0.2) is 28.7 Å². The molecule has 0 heterocycles. The van der Waals surface area contributed by atoms with Crippen LogP contribution in [0.2, 0.25) is 0 Å². The number of benzene rings is 1. The summed E-state index contributed by atoms with van der Waals surface area (Å²) >= 11 is 3.57. The highest BCUT2D eigenvalue weighted by molar-refractivity contribution is 9.10. The van der Waals surface area contributed by atoms with Crippen molar-refractivity contribution in [2.45, 2.75) is 84.2 Å². The van der Waals surface area contributed by atoms with Crippen LogP contribution >= 0.6 is 15.9 Å². The van der Waals surface area contributed by atoms with Gasteiger partial charge in [0, 0.05) is 16.6 Å². The van der Waals surface area contributed by atoms with Gasteiger partial charge in [0.15, 0.2) is 0 Å². The molecule has 0 amide bonds. The van der Waals surface area contributed by atoms with Crippen molar-refractivity contribution < 1.29 is 0 Å². The average molecular weight is 354 g/mol. The predicted molar refractivity (Wildman–Crippen MR) is 97.8 cm³/mol. The summed E-state index contributed by atoms with van der Waals surface area (Å²) in [4.78, 5) is 0. The molecular weight excluding hydrogens is 322 g/mol. The minimum atomic E-state index is 0.427. The van der Waals surface area contributed by atoms with Gasteiger partial charge in [0.2, 0.25) is 0 Å². The van der Waals surface area contributed by atoms with E-state index in [1.807, 2.05) is 0 Å². The molecule has 0 aliphatic carbocycles. The number of rotatable bonds is 11. The molecule has 0 unspecified atom stereocenters. The van der Waals surface area contributed by atoms with Crippen molar-refractivity contribution in [2.75, 3.05) is 0 Å². The Morgan fingerprint density at radius 1 is 1.00 bits per heavy atom. The Bertz CT molecular complexity index is 368. The van der Waals surface area contributed by atoms with Crippen molar-refractivity contribution in [1.82, 2.24) is 5.32 Å². The first-order valence-electron chi connectivity index (χ1n) is 8.68. The molecule has 1 N–H and O–H groups in total. The van der Waals surface area contributed by atoms with Gasteiger partial charge in [0.1, 0.15) is 0 Å². The van der Waals surface area contributed by atoms with Crippen molar-refractivity contribution in [3.05, 3.63) is 34.3 Å². The summed E-state index contributed by atoms with van der Waals surface area (Å²) < 4.78 is 1.17. The van der Waals surface area contributed by atoms with E-state index >= 15 is 0 Å². The lowest BCUT2D eigenvalue weighted by atomic mass is 9.99. The van der Waals surface area contributed by atoms with Crippen LogP contribution in [0.3, 0.4) is 0 Å². The number of halogens is 1. The van der Waals surface area contributed by atoms with Gasteiger partial charge in [-0.05, 0) is 37.5 Å². The van der Waals surface area contributed by atoms with Gasteiger partial charge in [-0.1, -0.05) is 80.4 Å². The van der Waals surface area contributed by atoms with E-state index in [4.69, 9.17) is 0 Å². The predicted octanol–water partition coefficient (Wildman–Crippen LogP) is 6.63. The molecule has 0 aliphatic rings. The monoisotopic (exact) mass is 353 g/mol. The Morgan fingerprint density at radius 3 is 2.14 bits per heavy atom. The summed E-state index contributed by atoms with van der Waals surface area (Å²) in [6, 6.07) is 9.76. The van der Waals surface area contributed by atoms with E-state index in [0.717, 1.165) is 0 Å². The lowest BCUT2D eigenvalue weighted by Gasteiger charge is -2.24. The van der Waals surface area contributed by atoms with E-state index in [0.29, 0.717) is 12.1 Å². The van der Waals surface area contributed by atoms with Crippen molar-refractivity contribution in [2.24, 2.45) is 0 Å². The second kappa shape index (κ2) is 11.3. The molecule has 21 heavy (non-hydrogen) atoms. The van der Waals surface area contributed by atoms with Crippen LogP contribution in [-0.2, 0) is 0 Å². The van der Waals surface area contributed by atoms with E-state index in [1.54, 1.807) is 0 Å². The smallest absolute Gasteiger partial charge is 0.0294 e. The van der Waals surface area contributed by atoms with Crippen LogP contribution in [0, 0.1) is 0 Å². The van der Waals surface area contributed by atoms with Crippen LogP contribution < -0.4 is 5.32 Å². The molecule has 0 aliphatic heterocycles. The highest BCUT2D eigenvalue weighted by Gasteiger charge is 2.13. The SMILES string of the molecule is CCCCCC(CCCCC)N[C@@H](C)c1cccc(Br)c1. The summed E-state index contributed by atoms with van der Waals surface area (Å²) in [5.74, 6) is 0. The molecule has 1 aromatic carbocycles. The highest BCUT2D eigenvalue weighted by atomic mass is 79.9. The fourth-order valence-corrected chi connectivity index (χ4v) is 3.24. The van der Waals surface area contributed by atoms with Gasteiger partial charge in [0.25, 0.3) is 0 Å². The zero-order chi connectivity index (χ0) is 15.5. The third kappa shape index (κ3) is 8.01. The van der Waals surface area contributed by atoms with Crippen molar-refractivity contribution in [3.63, 3.8) is 0 Å². The molecule has 2 heteroatoms. The molecule has 1 rings (SSSR count). The molecule has 0 bridgehead atoms. The Hall–Kier alpha value is -0.340. The second-order valence-corrected chi connectivity index (χ2v) is 7.05. The lowest BCUT2D eigenvalue weighted by molar-refractivity contribution is 0.384. The quantitative estimate of drug-likeness (QED) is 0.440. The molecule has 0 saturated carbocycles. The van der Waals surface area contributed by atoms with Crippen LogP contribution in [0.4, 0.5) is 0 Å². The summed E-state index contributed by atoms with van der Waals surface area (Å²) in [6.07, 6.45) is 10.7. The number of hydrogen-bond donors (Lipinski definition) is 1. The normalized spacial score (nSPS) is 12.8. The molecule has 120 valence electrons. The molecule has 0 radical (unpaired) electrons. The van der Waals surface area contributed by atoms with E-state index in [9.17, 15) is 0 Å². The number of hydrogen-bond acceptors (Lipinski definition) is 1.